The molecule has 218 valence electrons. The van der Waals surface area contributed by atoms with Crippen LogP contribution >= 0.6 is 11.3 Å². The summed E-state index contributed by atoms with van der Waals surface area (Å²) < 4.78 is 5.15. The third-order valence-corrected chi connectivity index (χ3v) is 10.4. The van der Waals surface area contributed by atoms with Crippen LogP contribution in [0, 0.1) is 0 Å². The van der Waals surface area contributed by atoms with Gasteiger partial charge in [0.2, 0.25) is 0 Å². The van der Waals surface area contributed by atoms with Crippen LogP contribution in [0.25, 0.3) is 74.8 Å². The Morgan fingerprint density at radius 1 is 0.543 bits per heavy atom. The number of hydrogen-bond acceptors (Lipinski definition) is 2. The molecule has 0 aliphatic carbocycles. The topological polar surface area (TPSA) is 30.9 Å². The summed E-state index contributed by atoms with van der Waals surface area (Å²) >= 11 is 1.88. The number of allylic oxidation sites excluding steroid dienone is 3. The molecular formula is C43H30N2S. The quantitative estimate of drug-likeness (QED) is 0.153. The molecule has 9 aromatic rings. The van der Waals surface area contributed by atoms with Crippen LogP contribution in [0.4, 0.5) is 0 Å². The normalized spacial score (nSPS) is 12.8. The van der Waals surface area contributed by atoms with Crippen LogP contribution in [-0.2, 0) is 6.54 Å². The number of nitrogens with two attached hydrogens (primary N) is 1. The summed E-state index contributed by atoms with van der Waals surface area (Å²) in [5, 5.41) is 10.4. The predicted octanol–water partition coefficient (Wildman–Crippen LogP) is 11.6. The first-order valence-electron chi connectivity index (χ1n) is 15.7. The van der Waals surface area contributed by atoms with E-state index in [1.807, 2.05) is 29.5 Å². The number of aromatic nitrogens is 1. The first kappa shape index (κ1) is 26.7. The van der Waals surface area contributed by atoms with E-state index in [2.05, 4.69) is 144 Å². The Balaban J connectivity index is 1.31. The molecule has 0 fully saturated rings. The standard InChI is InChI=1S/C43H30N2S/c44-37(29-13-5-2-6-14-29)27-31(28-11-3-1-4-12-28)25-26-45-38-17-9-7-15-32(38)34-23-22-33-35(43(34)45)21-19-30-20-24-40-42(41(30)33)36-16-8-10-18-39(36)46-40/h1-25,27H,26,44H2/b31-25+,37-27-. The van der Waals surface area contributed by atoms with Crippen LogP contribution in [0.5, 0.6) is 0 Å². The fourth-order valence-electron chi connectivity index (χ4n) is 7.15. The first-order chi connectivity index (χ1) is 22.7. The van der Waals surface area contributed by atoms with Crippen LogP contribution in [-0.4, -0.2) is 4.57 Å². The molecule has 46 heavy (non-hydrogen) atoms. The number of benzene rings is 7. The van der Waals surface area contributed by atoms with Crippen molar-refractivity contribution in [2.45, 2.75) is 6.54 Å². The van der Waals surface area contributed by atoms with Gasteiger partial charge in [-0.25, -0.2) is 0 Å². The van der Waals surface area contributed by atoms with Crippen molar-refractivity contribution in [3.8, 4) is 0 Å². The molecule has 0 atom stereocenters. The largest absolute Gasteiger partial charge is 0.398 e. The van der Waals surface area contributed by atoms with E-state index in [1.165, 1.54) is 63.5 Å². The van der Waals surface area contributed by atoms with Gasteiger partial charge in [-0.15, -0.1) is 11.3 Å². The maximum Gasteiger partial charge on any atom is 0.0574 e. The molecule has 9 rings (SSSR count). The second kappa shape index (κ2) is 10.8. The molecule has 2 aromatic heterocycles. The van der Waals surface area contributed by atoms with Crippen molar-refractivity contribution in [3.63, 3.8) is 0 Å². The lowest BCUT2D eigenvalue weighted by Crippen LogP contribution is -1.99. The van der Waals surface area contributed by atoms with Gasteiger partial charge in [0, 0.05) is 54.1 Å². The van der Waals surface area contributed by atoms with Gasteiger partial charge in [0.05, 0.1) is 5.52 Å². The van der Waals surface area contributed by atoms with E-state index in [9.17, 15) is 0 Å². The van der Waals surface area contributed by atoms with Gasteiger partial charge in [0.25, 0.3) is 0 Å². The SMILES string of the molecule is N/C(=C\C(=C/Cn1c2ccccc2c2ccc3c(ccc4ccc5sc6ccccc6c5c43)c21)c1ccccc1)c1ccccc1. The molecule has 2 heterocycles. The van der Waals surface area contributed by atoms with Crippen molar-refractivity contribution in [1.82, 2.24) is 4.57 Å². The van der Waals surface area contributed by atoms with Gasteiger partial charge in [0.1, 0.15) is 0 Å². The number of para-hydroxylation sites is 1. The lowest BCUT2D eigenvalue weighted by atomic mass is 9.96. The average Bonchev–Trinajstić information content (AvgIpc) is 3.66. The highest BCUT2D eigenvalue weighted by atomic mass is 32.1. The highest BCUT2D eigenvalue weighted by molar-refractivity contribution is 7.26. The van der Waals surface area contributed by atoms with Crippen molar-refractivity contribution < 1.29 is 0 Å². The molecule has 0 saturated carbocycles. The van der Waals surface area contributed by atoms with Crippen LogP contribution in [0.2, 0.25) is 0 Å². The zero-order valence-electron chi connectivity index (χ0n) is 25.2. The van der Waals surface area contributed by atoms with Gasteiger partial charge < -0.3 is 10.3 Å². The molecule has 0 bridgehead atoms. The average molecular weight is 607 g/mol. The van der Waals surface area contributed by atoms with E-state index in [-0.39, 0.29) is 0 Å². The Kier molecular flexibility index (Phi) is 6.25. The van der Waals surface area contributed by atoms with Gasteiger partial charge in [-0.2, -0.15) is 0 Å². The summed E-state index contributed by atoms with van der Waals surface area (Å²) in [4.78, 5) is 0. The molecular weight excluding hydrogens is 577 g/mol. The Labute approximate surface area is 270 Å². The van der Waals surface area contributed by atoms with Gasteiger partial charge in [-0.1, -0.05) is 133 Å². The lowest BCUT2D eigenvalue weighted by molar-refractivity contribution is 0.903. The van der Waals surface area contributed by atoms with E-state index in [0.717, 1.165) is 22.4 Å². The monoisotopic (exact) mass is 606 g/mol. The number of thiophene rings is 1. The Bertz CT molecular complexity index is 2660. The zero-order chi connectivity index (χ0) is 30.6. The Morgan fingerprint density at radius 3 is 2.00 bits per heavy atom. The molecule has 0 saturated heterocycles. The van der Waals surface area contributed by atoms with Crippen molar-refractivity contribution in [2.24, 2.45) is 5.73 Å². The molecule has 2 N–H and O–H groups in total. The molecule has 3 heteroatoms. The predicted molar refractivity (Wildman–Crippen MR) is 200 cm³/mol. The number of hydrogen-bond donors (Lipinski definition) is 1. The van der Waals surface area contributed by atoms with Crippen LogP contribution < -0.4 is 5.73 Å². The number of fused-ring (bicyclic) bond motifs is 11. The summed E-state index contributed by atoms with van der Waals surface area (Å²) in [5.74, 6) is 0. The third kappa shape index (κ3) is 4.24. The molecule has 0 unspecified atom stereocenters. The number of rotatable bonds is 5. The van der Waals surface area contributed by atoms with E-state index in [0.29, 0.717) is 6.54 Å². The van der Waals surface area contributed by atoms with Gasteiger partial charge in [-0.3, -0.25) is 0 Å². The van der Waals surface area contributed by atoms with Crippen LogP contribution in [0.1, 0.15) is 11.1 Å². The molecule has 2 nitrogen and oxygen atoms in total. The van der Waals surface area contributed by atoms with Crippen molar-refractivity contribution >= 4 is 86.1 Å². The Hall–Kier alpha value is -5.64. The summed E-state index contributed by atoms with van der Waals surface area (Å²) in [6.45, 7) is 0.704. The molecule has 0 radical (unpaired) electrons. The van der Waals surface area contributed by atoms with Gasteiger partial charge in [0.15, 0.2) is 0 Å². The maximum atomic E-state index is 6.68. The minimum atomic E-state index is 0.704. The van der Waals surface area contributed by atoms with E-state index >= 15 is 0 Å². The third-order valence-electron chi connectivity index (χ3n) is 9.27. The fourth-order valence-corrected chi connectivity index (χ4v) is 8.26. The van der Waals surface area contributed by atoms with Gasteiger partial charge in [-0.05, 0) is 57.1 Å². The van der Waals surface area contributed by atoms with E-state index < -0.39 is 0 Å². The van der Waals surface area contributed by atoms with Crippen LogP contribution in [0.15, 0.2) is 158 Å². The zero-order valence-corrected chi connectivity index (χ0v) is 26.0. The van der Waals surface area contributed by atoms with Crippen molar-refractivity contribution in [3.05, 3.63) is 169 Å². The number of nitrogens with zero attached hydrogens (tertiary/aromatic N) is 1. The van der Waals surface area contributed by atoms with Crippen molar-refractivity contribution in [1.29, 1.82) is 0 Å². The summed E-state index contributed by atoms with van der Waals surface area (Å²) in [6.07, 6.45) is 4.43. The molecule has 0 aliphatic rings. The van der Waals surface area contributed by atoms with Gasteiger partial charge >= 0.3 is 0 Å². The second-order valence-electron chi connectivity index (χ2n) is 11.9. The second-order valence-corrected chi connectivity index (χ2v) is 13.0. The fraction of sp³-hybridized carbons (Fsp3) is 0.0233. The highest BCUT2D eigenvalue weighted by Crippen LogP contribution is 2.43. The minimum Gasteiger partial charge on any atom is -0.398 e. The van der Waals surface area contributed by atoms with E-state index in [4.69, 9.17) is 5.73 Å². The smallest absolute Gasteiger partial charge is 0.0574 e. The molecule has 0 spiro atoms. The summed E-state index contributed by atoms with van der Waals surface area (Å²) in [7, 11) is 0. The van der Waals surface area contributed by atoms with Crippen LogP contribution in [0.3, 0.4) is 0 Å². The lowest BCUT2D eigenvalue weighted by Gasteiger charge is -2.12. The molecule has 0 amide bonds. The highest BCUT2D eigenvalue weighted by Gasteiger charge is 2.17. The maximum absolute atomic E-state index is 6.68. The summed E-state index contributed by atoms with van der Waals surface area (Å²) in [6, 6.07) is 52.2. The summed E-state index contributed by atoms with van der Waals surface area (Å²) in [5.41, 5.74) is 13.2. The molecule has 7 aromatic carbocycles. The van der Waals surface area contributed by atoms with Crippen molar-refractivity contribution in [2.75, 3.05) is 0 Å². The Morgan fingerprint density at radius 2 is 1.17 bits per heavy atom. The molecule has 0 aliphatic heterocycles. The first-order valence-corrected chi connectivity index (χ1v) is 16.5. The van der Waals surface area contributed by atoms with E-state index in [1.54, 1.807) is 0 Å². The minimum absolute atomic E-state index is 0.704.